The maximum Gasteiger partial charge on any atom is 0.267 e. The summed E-state index contributed by atoms with van der Waals surface area (Å²) in [6, 6.07) is 9.97. The van der Waals surface area contributed by atoms with Crippen molar-refractivity contribution < 1.29 is 4.79 Å². The summed E-state index contributed by atoms with van der Waals surface area (Å²) in [6.45, 7) is 3.15. The number of nitrogens with zero attached hydrogens (tertiary/aromatic N) is 2. The molecule has 1 aromatic heterocycles. The van der Waals surface area contributed by atoms with Gasteiger partial charge in [-0.05, 0) is 11.5 Å². The topological polar surface area (TPSA) is 64.0 Å². The molecular weight excluding hydrogens is 298 g/mol. The summed E-state index contributed by atoms with van der Waals surface area (Å²) in [6.07, 6.45) is 1.38. The number of amides is 1. The molecule has 22 heavy (non-hydrogen) atoms. The summed E-state index contributed by atoms with van der Waals surface area (Å²) in [5.74, 6) is 0.663. The first-order valence-corrected chi connectivity index (χ1v) is 8.21. The largest absolute Gasteiger partial charge is 0.351 e. The summed E-state index contributed by atoms with van der Waals surface area (Å²) >= 11 is 1.54. The molecule has 0 aliphatic carbocycles. The zero-order chi connectivity index (χ0) is 15.5. The Balaban J connectivity index is 1.69. The quantitative estimate of drug-likeness (QED) is 0.875. The van der Waals surface area contributed by atoms with Crippen molar-refractivity contribution in [3.8, 4) is 0 Å². The van der Waals surface area contributed by atoms with Crippen LogP contribution in [-0.4, -0.2) is 27.8 Å². The van der Waals surface area contributed by atoms with E-state index in [1.54, 1.807) is 4.57 Å². The zero-order valence-electron chi connectivity index (χ0n) is 12.3. The molecule has 0 bridgehead atoms. The van der Waals surface area contributed by atoms with Crippen LogP contribution in [0.3, 0.4) is 0 Å². The zero-order valence-corrected chi connectivity index (χ0v) is 13.1. The Morgan fingerprint density at radius 1 is 1.41 bits per heavy atom. The van der Waals surface area contributed by atoms with Crippen molar-refractivity contribution in [2.24, 2.45) is 0 Å². The van der Waals surface area contributed by atoms with Gasteiger partial charge in [0.1, 0.15) is 5.56 Å². The highest BCUT2D eigenvalue weighted by Gasteiger charge is 2.20. The summed E-state index contributed by atoms with van der Waals surface area (Å²) in [4.78, 5) is 28.7. The lowest BCUT2D eigenvalue weighted by atomic mass is 10.0. The highest BCUT2D eigenvalue weighted by atomic mass is 32.2. The Morgan fingerprint density at radius 3 is 2.95 bits per heavy atom. The molecule has 0 saturated heterocycles. The van der Waals surface area contributed by atoms with Crippen molar-refractivity contribution in [1.82, 2.24) is 14.9 Å². The molecule has 6 heteroatoms. The minimum Gasteiger partial charge on any atom is -0.351 e. The van der Waals surface area contributed by atoms with E-state index in [2.05, 4.69) is 10.3 Å². The number of aromatic nitrogens is 2. The molecule has 0 unspecified atom stereocenters. The second kappa shape index (κ2) is 6.36. The van der Waals surface area contributed by atoms with Crippen molar-refractivity contribution in [2.75, 3.05) is 12.3 Å². The molecule has 2 heterocycles. The van der Waals surface area contributed by atoms with Crippen molar-refractivity contribution in [1.29, 1.82) is 0 Å². The Morgan fingerprint density at radius 2 is 2.18 bits per heavy atom. The third-order valence-electron chi connectivity index (χ3n) is 3.74. The van der Waals surface area contributed by atoms with Crippen LogP contribution in [0.15, 0.2) is 46.5 Å². The van der Waals surface area contributed by atoms with Gasteiger partial charge in [-0.3, -0.25) is 14.2 Å². The first kappa shape index (κ1) is 14.8. The number of carbonyl (C=O) groups excluding carboxylic acids is 1. The SMILES string of the molecule is C[C@@H](CNC(=O)c1cnc2n(c1=O)CCS2)c1ccccc1. The molecule has 1 N–H and O–H groups in total. The van der Waals surface area contributed by atoms with Gasteiger partial charge in [0.15, 0.2) is 5.16 Å². The van der Waals surface area contributed by atoms with Crippen LogP contribution in [0.25, 0.3) is 0 Å². The molecule has 1 atom stereocenters. The Labute approximate surface area is 132 Å². The van der Waals surface area contributed by atoms with Crippen LogP contribution < -0.4 is 10.9 Å². The van der Waals surface area contributed by atoms with Crippen LogP contribution in [0, 0.1) is 0 Å². The number of rotatable bonds is 4. The average molecular weight is 315 g/mol. The molecule has 0 radical (unpaired) electrons. The van der Waals surface area contributed by atoms with E-state index in [0.717, 1.165) is 11.3 Å². The van der Waals surface area contributed by atoms with Gasteiger partial charge in [-0.15, -0.1) is 0 Å². The third-order valence-corrected chi connectivity index (χ3v) is 4.71. The smallest absolute Gasteiger partial charge is 0.267 e. The number of thioether (sulfide) groups is 1. The van der Waals surface area contributed by atoms with Gasteiger partial charge in [0.25, 0.3) is 11.5 Å². The van der Waals surface area contributed by atoms with Crippen molar-refractivity contribution >= 4 is 17.7 Å². The van der Waals surface area contributed by atoms with Gasteiger partial charge in [-0.2, -0.15) is 0 Å². The highest BCUT2D eigenvalue weighted by Crippen LogP contribution is 2.20. The van der Waals surface area contributed by atoms with E-state index in [1.165, 1.54) is 18.0 Å². The second-order valence-electron chi connectivity index (χ2n) is 5.28. The third kappa shape index (κ3) is 2.92. The predicted octanol–water partition coefficient (Wildman–Crippen LogP) is 1.88. The van der Waals surface area contributed by atoms with E-state index in [1.807, 2.05) is 37.3 Å². The lowest BCUT2D eigenvalue weighted by Crippen LogP contribution is -2.35. The van der Waals surface area contributed by atoms with Gasteiger partial charge in [0, 0.05) is 25.0 Å². The molecule has 1 amide bonds. The lowest BCUT2D eigenvalue weighted by Gasteiger charge is -2.13. The van der Waals surface area contributed by atoms with Crippen LogP contribution >= 0.6 is 11.8 Å². The molecule has 0 spiro atoms. The van der Waals surface area contributed by atoms with Gasteiger partial charge in [-0.1, -0.05) is 49.0 Å². The normalized spacial score (nSPS) is 14.4. The summed E-state index contributed by atoms with van der Waals surface area (Å²) in [5, 5.41) is 3.52. The Hall–Kier alpha value is -2.08. The number of hydrogen-bond donors (Lipinski definition) is 1. The van der Waals surface area contributed by atoms with E-state index in [4.69, 9.17) is 0 Å². The summed E-state index contributed by atoms with van der Waals surface area (Å²) in [7, 11) is 0. The summed E-state index contributed by atoms with van der Waals surface area (Å²) < 4.78 is 1.57. The van der Waals surface area contributed by atoms with Gasteiger partial charge >= 0.3 is 0 Å². The number of hydrogen-bond acceptors (Lipinski definition) is 4. The average Bonchev–Trinajstić information content (AvgIpc) is 3.03. The maximum absolute atomic E-state index is 12.3. The van der Waals surface area contributed by atoms with Crippen molar-refractivity contribution in [2.45, 2.75) is 24.5 Å². The fourth-order valence-electron chi connectivity index (χ4n) is 2.41. The standard InChI is InChI=1S/C16H17N3O2S/c1-11(12-5-3-2-4-6-12)9-17-14(20)13-10-18-16-19(15(13)21)7-8-22-16/h2-6,10-11H,7-9H2,1H3,(H,17,20)/t11-/m0/s1. The fraction of sp³-hybridized carbons (Fsp3) is 0.312. The minimum absolute atomic E-state index is 0.117. The Bertz CT molecular complexity index is 743. The molecule has 114 valence electrons. The van der Waals surface area contributed by atoms with Gasteiger partial charge < -0.3 is 5.32 Å². The highest BCUT2D eigenvalue weighted by molar-refractivity contribution is 7.99. The van der Waals surface area contributed by atoms with Crippen LogP contribution in [0.4, 0.5) is 0 Å². The number of nitrogens with one attached hydrogen (secondary N) is 1. The van der Waals surface area contributed by atoms with Crippen LogP contribution in [0.1, 0.15) is 28.8 Å². The van der Waals surface area contributed by atoms with E-state index in [0.29, 0.717) is 18.2 Å². The van der Waals surface area contributed by atoms with Crippen molar-refractivity contribution in [3.63, 3.8) is 0 Å². The lowest BCUT2D eigenvalue weighted by molar-refractivity contribution is 0.0948. The molecule has 0 fully saturated rings. The molecule has 1 aliphatic heterocycles. The van der Waals surface area contributed by atoms with Crippen LogP contribution in [0.5, 0.6) is 0 Å². The van der Waals surface area contributed by atoms with Gasteiger partial charge in [0.05, 0.1) is 0 Å². The minimum atomic E-state index is -0.354. The molecule has 1 aromatic carbocycles. The van der Waals surface area contributed by atoms with E-state index in [-0.39, 0.29) is 22.9 Å². The van der Waals surface area contributed by atoms with Gasteiger partial charge in [0.2, 0.25) is 0 Å². The maximum atomic E-state index is 12.3. The molecule has 3 rings (SSSR count). The number of fused-ring (bicyclic) bond motifs is 1. The molecule has 2 aromatic rings. The first-order valence-electron chi connectivity index (χ1n) is 7.22. The molecular formula is C16H17N3O2S. The predicted molar refractivity (Wildman–Crippen MR) is 86.4 cm³/mol. The van der Waals surface area contributed by atoms with Crippen LogP contribution in [0.2, 0.25) is 0 Å². The second-order valence-corrected chi connectivity index (χ2v) is 6.34. The fourth-order valence-corrected chi connectivity index (χ4v) is 3.33. The molecule has 1 aliphatic rings. The molecule has 5 nitrogen and oxygen atoms in total. The van der Waals surface area contributed by atoms with Gasteiger partial charge in [-0.25, -0.2) is 4.98 Å². The van der Waals surface area contributed by atoms with Crippen LogP contribution in [-0.2, 0) is 6.54 Å². The number of benzene rings is 1. The molecule has 0 saturated carbocycles. The van der Waals surface area contributed by atoms with E-state index < -0.39 is 0 Å². The van der Waals surface area contributed by atoms with Crippen molar-refractivity contribution in [3.05, 3.63) is 58.0 Å². The first-order chi connectivity index (χ1) is 10.7. The monoisotopic (exact) mass is 315 g/mol. The Kier molecular flexibility index (Phi) is 4.29. The van der Waals surface area contributed by atoms with E-state index in [9.17, 15) is 9.59 Å². The summed E-state index contributed by atoms with van der Waals surface area (Å²) in [5.41, 5.74) is 1.02. The number of carbonyl (C=O) groups is 1. The van der Waals surface area contributed by atoms with E-state index >= 15 is 0 Å².